The Morgan fingerprint density at radius 3 is 2.71 bits per heavy atom. The van der Waals surface area contributed by atoms with Crippen molar-refractivity contribution in [3.8, 4) is 11.5 Å². The van der Waals surface area contributed by atoms with Crippen LogP contribution in [0.1, 0.15) is 47.4 Å². The average molecular weight is 639 g/mol. The van der Waals surface area contributed by atoms with E-state index in [0.29, 0.717) is 38.9 Å². The molecule has 11 heteroatoms. The molecule has 244 valence electrons. The normalized spacial score (nSPS) is 18.4. The van der Waals surface area contributed by atoms with E-state index in [1.165, 1.54) is 11.1 Å². The first-order chi connectivity index (χ1) is 21.9. The van der Waals surface area contributed by atoms with Gasteiger partial charge in [0.15, 0.2) is 0 Å². The topological polar surface area (TPSA) is 124 Å². The molecule has 0 aromatic heterocycles. The minimum Gasteiger partial charge on any atom is -0.496 e. The summed E-state index contributed by atoms with van der Waals surface area (Å²) in [6.45, 7) is 5.72. The number of anilines is 1. The van der Waals surface area contributed by atoms with Crippen LogP contribution < -0.4 is 29.6 Å². The number of ether oxygens (including phenoxy) is 4. The van der Waals surface area contributed by atoms with E-state index in [0.717, 1.165) is 73.6 Å². The molecule has 45 heavy (non-hydrogen) atoms. The van der Waals surface area contributed by atoms with Gasteiger partial charge in [-0.25, -0.2) is 9.86 Å². The second-order valence-corrected chi connectivity index (χ2v) is 13.0. The number of methoxy groups -OCH3 is 1. The molecule has 0 aliphatic carbocycles. The van der Waals surface area contributed by atoms with Crippen LogP contribution in [0.25, 0.3) is 0 Å². The Bertz CT molecular complexity index is 1470. The van der Waals surface area contributed by atoms with Gasteiger partial charge in [0.05, 0.1) is 39.6 Å². The zero-order chi connectivity index (χ0) is 31.5. The number of rotatable bonds is 16. The van der Waals surface area contributed by atoms with Crippen LogP contribution in [-0.4, -0.2) is 67.6 Å². The minimum atomic E-state index is -3.70. The largest absolute Gasteiger partial charge is 0.496 e. The molecular formula is C34H46N4O6S. The van der Waals surface area contributed by atoms with Crippen molar-refractivity contribution in [3.63, 3.8) is 0 Å². The lowest BCUT2D eigenvalue weighted by molar-refractivity contribution is 0.0106. The summed E-state index contributed by atoms with van der Waals surface area (Å²) in [6.07, 6.45) is 3.91. The lowest BCUT2D eigenvalue weighted by Crippen LogP contribution is -2.41. The smallest absolute Gasteiger partial charge is 0.274 e. The molecule has 3 aromatic rings. The van der Waals surface area contributed by atoms with Crippen LogP contribution in [0.15, 0.2) is 66.7 Å². The van der Waals surface area contributed by atoms with Crippen LogP contribution in [0, 0.1) is 0 Å². The third-order valence-electron chi connectivity index (χ3n) is 8.40. The van der Waals surface area contributed by atoms with Crippen LogP contribution in [0.5, 0.6) is 11.5 Å². The van der Waals surface area contributed by atoms with E-state index < -0.39 is 10.2 Å². The Labute approximate surface area is 267 Å². The van der Waals surface area contributed by atoms with Crippen molar-refractivity contribution < 1.29 is 27.4 Å². The van der Waals surface area contributed by atoms with E-state index >= 15 is 0 Å². The minimum absolute atomic E-state index is 0.0528. The molecule has 0 radical (unpaired) electrons. The maximum Gasteiger partial charge on any atom is 0.274 e. The zero-order valence-corrected chi connectivity index (χ0v) is 26.9. The Balaban J connectivity index is 1.09. The molecule has 4 N–H and O–H groups in total. The van der Waals surface area contributed by atoms with E-state index in [-0.39, 0.29) is 12.6 Å². The van der Waals surface area contributed by atoms with Gasteiger partial charge in [-0.3, -0.25) is 0 Å². The summed E-state index contributed by atoms with van der Waals surface area (Å²) in [6, 6.07) is 22.8. The van der Waals surface area contributed by atoms with Gasteiger partial charge < -0.3 is 29.2 Å². The van der Waals surface area contributed by atoms with Gasteiger partial charge in [-0.2, -0.15) is 8.42 Å². The number of aryl methyl sites for hydroxylation is 1. The van der Waals surface area contributed by atoms with Gasteiger partial charge in [0, 0.05) is 49.8 Å². The number of nitrogens with two attached hydrogens (primary N) is 1. The van der Waals surface area contributed by atoms with Gasteiger partial charge in [-0.05, 0) is 66.8 Å². The number of hydrogen-bond acceptors (Lipinski definition) is 8. The van der Waals surface area contributed by atoms with Gasteiger partial charge in [-0.15, -0.1) is 0 Å². The second-order valence-electron chi connectivity index (χ2n) is 11.6. The third-order valence-corrected chi connectivity index (χ3v) is 9.01. The first kappa shape index (κ1) is 33.2. The van der Waals surface area contributed by atoms with Gasteiger partial charge in [0.2, 0.25) is 0 Å². The molecule has 0 spiro atoms. The molecule has 2 aliphatic rings. The summed E-state index contributed by atoms with van der Waals surface area (Å²) < 4.78 is 48.7. The van der Waals surface area contributed by atoms with E-state index in [9.17, 15) is 8.42 Å². The predicted octanol–water partition coefficient (Wildman–Crippen LogP) is 3.89. The van der Waals surface area contributed by atoms with Crippen molar-refractivity contribution in [2.24, 2.45) is 5.14 Å². The Morgan fingerprint density at radius 1 is 1.04 bits per heavy atom. The highest BCUT2D eigenvalue weighted by atomic mass is 32.2. The van der Waals surface area contributed by atoms with Gasteiger partial charge in [0.25, 0.3) is 10.2 Å². The van der Waals surface area contributed by atoms with Gasteiger partial charge >= 0.3 is 0 Å². The number of piperidine rings is 1. The Kier molecular flexibility index (Phi) is 12.1. The van der Waals surface area contributed by atoms with Crippen molar-refractivity contribution in [2.45, 2.75) is 50.9 Å². The van der Waals surface area contributed by atoms with Crippen molar-refractivity contribution >= 4 is 15.9 Å². The number of hydrogen-bond donors (Lipinski definition) is 3. The number of nitrogens with one attached hydrogen (secondary N) is 2. The molecule has 10 nitrogen and oxygen atoms in total. The monoisotopic (exact) mass is 638 g/mol. The molecule has 0 unspecified atom stereocenters. The van der Waals surface area contributed by atoms with E-state index in [4.69, 9.17) is 24.1 Å². The summed E-state index contributed by atoms with van der Waals surface area (Å²) >= 11 is 0. The fourth-order valence-corrected chi connectivity index (χ4v) is 6.47. The molecule has 2 heterocycles. The number of nitrogens with zero attached hydrogens (tertiary/aromatic N) is 1. The molecule has 1 saturated heterocycles. The van der Waals surface area contributed by atoms with Gasteiger partial charge in [-0.1, -0.05) is 42.5 Å². The highest BCUT2D eigenvalue weighted by Crippen LogP contribution is 2.32. The number of para-hydroxylation sites is 1. The Morgan fingerprint density at radius 2 is 1.89 bits per heavy atom. The van der Waals surface area contributed by atoms with E-state index in [2.05, 4.69) is 45.3 Å². The number of benzene rings is 3. The van der Waals surface area contributed by atoms with E-state index in [1.807, 2.05) is 36.4 Å². The van der Waals surface area contributed by atoms with Crippen LogP contribution >= 0.6 is 0 Å². The SMILES string of the molecule is COc1ccccc1COCCCOc1ccc([C@H]2CCNC[C@@H]2OCc2ccc3c(c2)N(CCNS(N)(=O)=O)CCC3)cc1. The van der Waals surface area contributed by atoms with Crippen LogP contribution in [0.2, 0.25) is 0 Å². The first-order valence-corrected chi connectivity index (χ1v) is 17.3. The molecule has 5 rings (SSSR count). The molecule has 3 aromatic carbocycles. The zero-order valence-electron chi connectivity index (χ0n) is 26.1. The summed E-state index contributed by atoms with van der Waals surface area (Å²) in [5.74, 6) is 1.99. The molecular weight excluding hydrogens is 592 g/mol. The molecule has 0 bridgehead atoms. The average Bonchev–Trinajstić information content (AvgIpc) is 3.05. The maximum absolute atomic E-state index is 11.3. The van der Waals surface area contributed by atoms with Crippen LogP contribution in [-0.2, 0) is 39.3 Å². The first-order valence-electron chi connectivity index (χ1n) is 15.8. The molecule has 0 amide bonds. The number of fused-ring (bicyclic) bond motifs is 1. The van der Waals surface area contributed by atoms with Crippen LogP contribution in [0.4, 0.5) is 5.69 Å². The maximum atomic E-state index is 11.3. The van der Waals surface area contributed by atoms with Crippen molar-refractivity contribution in [1.29, 1.82) is 0 Å². The molecule has 2 aliphatic heterocycles. The van der Waals surface area contributed by atoms with Crippen molar-refractivity contribution in [1.82, 2.24) is 10.0 Å². The summed E-state index contributed by atoms with van der Waals surface area (Å²) in [4.78, 5) is 2.23. The summed E-state index contributed by atoms with van der Waals surface area (Å²) in [5, 5.41) is 8.60. The highest BCUT2D eigenvalue weighted by Gasteiger charge is 2.27. The van der Waals surface area contributed by atoms with E-state index in [1.54, 1.807) is 7.11 Å². The Hall–Kier alpha value is -3.19. The molecule has 0 saturated carbocycles. The highest BCUT2D eigenvalue weighted by molar-refractivity contribution is 7.87. The lowest BCUT2D eigenvalue weighted by atomic mass is 9.87. The van der Waals surface area contributed by atoms with Crippen molar-refractivity contribution in [2.75, 3.05) is 57.9 Å². The third kappa shape index (κ3) is 9.90. The lowest BCUT2D eigenvalue weighted by Gasteiger charge is -2.33. The fraction of sp³-hybridized carbons (Fsp3) is 0.471. The molecule has 1 fully saturated rings. The van der Waals surface area contributed by atoms with Crippen molar-refractivity contribution in [3.05, 3.63) is 89.0 Å². The predicted molar refractivity (Wildman–Crippen MR) is 176 cm³/mol. The summed E-state index contributed by atoms with van der Waals surface area (Å²) in [5.41, 5.74) is 5.84. The quantitative estimate of drug-likeness (QED) is 0.202. The van der Waals surface area contributed by atoms with Crippen LogP contribution in [0.3, 0.4) is 0 Å². The van der Waals surface area contributed by atoms with Gasteiger partial charge in [0.1, 0.15) is 11.5 Å². The standard InChI is InChI=1S/C34H46N4O6S/c1-41-33-8-3-2-6-29(33)25-42-20-5-21-43-30-13-11-27(12-14-30)31-15-16-36-23-34(31)44-24-26-9-10-28-7-4-18-38(32(28)22-26)19-17-37-45(35,39)40/h2-3,6,8-14,22,31,34,36-37H,4-5,7,15-21,23-25H2,1H3,(H2,35,39,40)/t31-,34+/m1/s1. The fourth-order valence-electron chi connectivity index (χ4n) is 6.10. The summed E-state index contributed by atoms with van der Waals surface area (Å²) in [7, 11) is -2.03. The molecule has 2 atom stereocenters. The second kappa shape index (κ2) is 16.4.